The van der Waals surface area contributed by atoms with Gasteiger partial charge in [-0.15, -0.1) is 0 Å². The average molecular weight is 359 g/mol. The van der Waals surface area contributed by atoms with Crippen molar-refractivity contribution in [2.45, 2.75) is 13.0 Å². The largest absolute Gasteiger partial charge is 0.469 e. The Kier molecular flexibility index (Phi) is 4.83. The molecule has 1 aromatic heterocycles. The van der Waals surface area contributed by atoms with Crippen LogP contribution in [0.25, 0.3) is 0 Å². The lowest BCUT2D eigenvalue weighted by atomic mass is 10.2. The van der Waals surface area contributed by atoms with Crippen molar-refractivity contribution in [3.8, 4) is 0 Å². The van der Waals surface area contributed by atoms with Crippen LogP contribution in [0, 0.1) is 0 Å². The fraction of sp³-hybridized carbons (Fsp3) is 0.231. The highest BCUT2D eigenvalue weighted by Gasteiger charge is 1.99. The molecule has 1 heterocycles. The minimum atomic E-state index is 0.868. The van der Waals surface area contributed by atoms with Crippen LogP contribution in [0.2, 0.25) is 0 Å². The Labute approximate surface area is 118 Å². The van der Waals surface area contributed by atoms with E-state index in [4.69, 9.17) is 4.42 Å². The fourth-order valence-corrected chi connectivity index (χ4v) is 2.22. The van der Waals surface area contributed by atoms with Gasteiger partial charge in [0.05, 0.1) is 6.26 Å². The molecule has 0 saturated carbocycles. The summed E-state index contributed by atoms with van der Waals surface area (Å²) in [6, 6.07) is 10.2. The van der Waals surface area contributed by atoms with Crippen molar-refractivity contribution in [3.63, 3.8) is 0 Å². The van der Waals surface area contributed by atoms with E-state index in [0.29, 0.717) is 0 Å². The van der Waals surface area contributed by atoms with Crippen molar-refractivity contribution in [1.29, 1.82) is 0 Å². The van der Waals surface area contributed by atoms with Crippen LogP contribution in [0.15, 0.2) is 50.0 Å². The van der Waals surface area contributed by atoms with Crippen LogP contribution in [-0.4, -0.2) is 6.54 Å². The molecule has 0 atom stereocenters. The number of nitrogens with one attached hydrogen (secondary N) is 1. The van der Waals surface area contributed by atoms with Crippen molar-refractivity contribution < 1.29 is 4.42 Å². The Hall–Kier alpha value is -0.580. The van der Waals surface area contributed by atoms with Crippen LogP contribution < -0.4 is 5.32 Å². The SMILES string of the molecule is Brc1ccc(CNCCc2ccco2)cc1Br. The Morgan fingerprint density at radius 3 is 2.71 bits per heavy atom. The molecule has 0 aliphatic carbocycles. The topological polar surface area (TPSA) is 25.2 Å². The summed E-state index contributed by atoms with van der Waals surface area (Å²) in [4.78, 5) is 0. The molecule has 0 spiro atoms. The normalized spacial score (nSPS) is 10.7. The van der Waals surface area contributed by atoms with E-state index in [-0.39, 0.29) is 0 Å². The molecule has 17 heavy (non-hydrogen) atoms. The van der Waals surface area contributed by atoms with Gasteiger partial charge in [0.2, 0.25) is 0 Å². The molecule has 2 aromatic rings. The molecular formula is C13H13Br2NO. The minimum absolute atomic E-state index is 0.868. The summed E-state index contributed by atoms with van der Waals surface area (Å²) in [7, 11) is 0. The molecule has 0 fully saturated rings. The smallest absolute Gasteiger partial charge is 0.105 e. The fourth-order valence-electron chi connectivity index (χ4n) is 1.55. The first-order valence-electron chi connectivity index (χ1n) is 5.43. The second-order valence-corrected chi connectivity index (χ2v) is 5.46. The lowest BCUT2D eigenvalue weighted by Crippen LogP contribution is -2.16. The summed E-state index contributed by atoms with van der Waals surface area (Å²) in [5, 5.41) is 3.39. The first-order valence-corrected chi connectivity index (χ1v) is 7.01. The summed E-state index contributed by atoms with van der Waals surface area (Å²) in [5.74, 6) is 1.02. The summed E-state index contributed by atoms with van der Waals surface area (Å²) in [5.41, 5.74) is 1.26. The van der Waals surface area contributed by atoms with Gasteiger partial charge in [-0.2, -0.15) is 0 Å². The Morgan fingerprint density at radius 2 is 2.00 bits per heavy atom. The van der Waals surface area contributed by atoms with Crippen LogP contribution in [0.1, 0.15) is 11.3 Å². The monoisotopic (exact) mass is 357 g/mol. The van der Waals surface area contributed by atoms with Crippen molar-refractivity contribution in [2.75, 3.05) is 6.54 Å². The lowest BCUT2D eigenvalue weighted by molar-refractivity contribution is 0.499. The van der Waals surface area contributed by atoms with Crippen LogP contribution >= 0.6 is 31.9 Å². The van der Waals surface area contributed by atoms with E-state index >= 15 is 0 Å². The number of benzene rings is 1. The molecule has 0 radical (unpaired) electrons. The van der Waals surface area contributed by atoms with Gasteiger partial charge < -0.3 is 9.73 Å². The number of halogens is 2. The molecule has 1 N–H and O–H groups in total. The third-order valence-corrected chi connectivity index (χ3v) is 4.32. The highest BCUT2D eigenvalue weighted by Crippen LogP contribution is 2.23. The zero-order chi connectivity index (χ0) is 12.1. The van der Waals surface area contributed by atoms with Crippen LogP contribution in [0.4, 0.5) is 0 Å². The van der Waals surface area contributed by atoms with Gasteiger partial charge in [0.15, 0.2) is 0 Å². The van der Waals surface area contributed by atoms with E-state index in [0.717, 1.165) is 34.2 Å². The molecule has 0 aliphatic rings. The first-order chi connectivity index (χ1) is 8.25. The molecule has 2 rings (SSSR count). The van der Waals surface area contributed by atoms with Crippen molar-refractivity contribution >= 4 is 31.9 Å². The molecule has 0 saturated heterocycles. The molecule has 4 heteroatoms. The van der Waals surface area contributed by atoms with Crippen molar-refractivity contribution in [3.05, 3.63) is 56.9 Å². The maximum atomic E-state index is 5.27. The zero-order valence-corrected chi connectivity index (χ0v) is 12.4. The van der Waals surface area contributed by atoms with Crippen molar-refractivity contribution in [2.24, 2.45) is 0 Å². The van der Waals surface area contributed by atoms with Crippen LogP contribution in [0.3, 0.4) is 0 Å². The van der Waals surface area contributed by atoms with E-state index in [1.807, 2.05) is 18.2 Å². The van der Waals surface area contributed by atoms with Gasteiger partial charge in [-0.1, -0.05) is 6.07 Å². The Bertz CT molecular complexity index is 468. The van der Waals surface area contributed by atoms with Crippen LogP contribution in [-0.2, 0) is 13.0 Å². The molecule has 0 aliphatic heterocycles. The van der Waals surface area contributed by atoms with Gasteiger partial charge >= 0.3 is 0 Å². The van der Waals surface area contributed by atoms with E-state index in [2.05, 4.69) is 49.3 Å². The molecule has 90 valence electrons. The highest BCUT2D eigenvalue weighted by molar-refractivity contribution is 9.13. The molecule has 0 bridgehead atoms. The number of hydrogen-bond acceptors (Lipinski definition) is 2. The van der Waals surface area contributed by atoms with Crippen LogP contribution in [0.5, 0.6) is 0 Å². The van der Waals surface area contributed by atoms with E-state index in [9.17, 15) is 0 Å². The first kappa shape index (κ1) is 12.9. The summed E-state index contributed by atoms with van der Waals surface area (Å²) < 4.78 is 7.43. The second-order valence-electron chi connectivity index (χ2n) is 3.75. The third kappa shape index (κ3) is 3.98. The standard InChI is InChI=1S/C13H13Br2NO/c14-12-4-3-10(8-13(12)15)9-16-6-5-11-2-1-7-17-11/h1-4,7-8,16H,5-6,9H2. The van der Waals surface area contributed by atoms with Gasteiger partial charge in [0.25, 0.3) is 0 Å². The van der Waals surface area contributed by atoms with Gasteiger partial charge in [-0.3, -0.25) is 0 Å². The van der Waals surface area contributed by atoms with E-state index in [1.165, 1.54) is 5.56 Å². The van der Waals surface area contributed by atoms with Crippen molar-refractivity contribution in [1.82, 2.24) is 5.32 Å². The van der Waals surface area contributed by atoms with E-state index < -0.39 is 0 Å². The van der Waals surface area contributed by atoms with Gasteiger partial charge in [-0.05, 0) is 61.7 Å². The molecule has 0 amide bonds. The molecule has 0 unspecified atom stereocenters. The maximum absolute atomic E-state index is 5.27. The Morgan fingerprint density at radius 1 is 1.12 bits per heavy atom. The highest BCUT2D eigenvalue weighted by atomic mass is 79.9. The number of furan rings is 1. The summed E-state index contributed by atoms with van der Waals surface area (Å²) in [6.45, 7) is 1.79. The molecular weight excluding hydrogens is 346 g/mol. The number of hydrogen-bond donors (Lipinski definition) is 1. The number of rotatable bonds is 5. The molecule has 1 aromatic carbocycles. The maximum Gasteiger partial charge on any atom is 0.105 e. The predicted molar refractivity (Wildman–Crippen MR) is 76.0 cm³/mol. The van der Waals surface area contributed by atoms with Gasteiger partial charge in [-0.25, -0.2) is 0 Å². The van der Waals surface area contributed by atoms with Gasteiger partial charge in [0, 0.05) is 28.5 Å². The van der Waals surface area contributed by atoms with E-state index in [1.54, 1.807) is 6.26 Å². The second kappa shape index (κ2) is 6.38. The predicted octanol–water partition coefficient (Wildman–Crippen LogP) is 4.14. The summed E-state index contributed by atoms with van der Waals surface area (Å²) in [6.07, 6.45) is 2.63. The Balaban J connectivity index is 1.76. The minimum Gasteiger partial charge on any atom is -0.469 e. The van der Waals surface area contributed by atoms with Gasteiger partial charge in [0.1, 0.15) is 5.76 Å². The lowest BCUT2D eigenvalue weighted by Gasteiger charge is -2.05. The third-order valence-electron chi connectivity index (χ3n) is 2.44. The summed E-state index contributed by atoms with van der Waals surface area (Å²) >= 11 is 6.95. The molecule has 2 nitrogen and oxygen atoms in total. The average Bonchev–Trinajstić information content (AvgIpc) is 2.82. The zero-order valence-electron chi connectivity index (χ0n) is 9.25. The quantitative estimate of drug-likeness (QED) is 0.812.